The molecular formula is C14H27N3O3S. The molecule has 0 spiro atoms. The molecule has 0 aliphatic carbocycles. The van der Waals surface area contributed by atoms with Gasteiger partial charge in [0, 0.05) is 12.6 Å². The van der Waals surface area contributed by atoms with E-state index in [1.807, 2.05) is 6.92 Å². The van der Waals surface area contributed by atoms with Gasteiger partial charge in [-0.3, -0.25) is 4.79 Å². The first-order valence-electron chi connectivity index (χ1n) is 8.05. The number of sulfonamides is 1. The number of rotatable bonds is 6. The van der Waals surface area contributed by atoms with E-state index in [1.54, 1.807) is 0 Å². The molecule has 1 amide bonds. The van der Waals surface area contributed by atoms with Crippen molar-refractivity contribution in [2.75, 3.05) is 25.4 Å². The Balaban J connectivity index is 1.95. The van der Waals surface area contributed by atoms with Gasteiger partial charge >= 0.3 is 0 Å². The third-order valence-electron chi connectivity index (χ3n) is 4.31. The van der Waals surface area contributed by atoms with Gasteiger partial charge in [-0.1, -0.05) is 13.3 Å². The van der Waals surface area contributed by atoms with Gasteiger partial charge in [0.1, 0.15) is 6.04 Å². The van der Waals surface area contributed by atoms with E-state index in [0.29, 0.717) is 19.4 Å². The van der Waals surface area contributed by atoms with Crippen LogP contribution < -0.4 is 10.6 Å². The maximum atomic E-state index is 12.4. The van der Waals surface area contributed by atoms with Crippen molar-refractivity contribution in [2.45, 2.75) is 57.5 Å². The van der Waals surface area contributed by atoms with Crippen molar-refractivity contribution in [3.8, 4) is 0 Å². The first kappa shape index (κ1) is 16.7. The van der Waals surface area contributed by atoms with Crippen LogP contribution in [-0.4, -0.2) is 56.1 Å². The summed E-state index contributed by atoms with van der Waals surface area (Å²) in [6, 6.07) is -0.318. The molecule has 1 atom stereocenters. The Bertz CT molecular complexity index is 446. The smallest absolute Gasteiger partial charge is 0.238 e. The minimum Gasteiger partial charge on any atom is -0.352 e. The summed E-state index contributed by atoms with van der Waals surface area (Å²) in [5, 5.41) is 6.29. The standard InChI is InChI=1S/C14H27N3O3S/c1-2-3-11-21(19,20)17-10-4-5-13(17)14(18)16-12-6-8-15-9-7-12/h12-13,15H,2-11H2,1H3,(H,16,18). The third-order valence-corrected chi connectivity index (χ3v) is 6.26. The third kappa shape index (κ3) is 4.40. The lowest BCUT2D eigenvalue weighted by Crippen LogP contribution is -2.51. The summed E-state index contributed by atoms with van der Waals surface area (Å²) in [7, 11) is -3.30. The Labute approximate surface area is 127 Å². The van der Waals surface area contributed by atoms with Crippen LogP contribution >= 0.6 is 0 Å². The molecule has 0 radical (unpaired) electrons. The molecule has 2 aliphatic heterocycles. The van der Waals surface area contributed by atoms with Crippen LogP contribution in [0.1, 0.15) is 45.4 Å². The van der Waals surface area contributed by atoms with Gasteiger partial charge in [-0.25, -0.2) is 8.42 Å². The van der Waals surface area contributed by atoms with Crippen LogP contribution in [0.2, 0.25) is 0 Å². The maximum Gasteiger partial charge on any atom is 0.238 e. The minimum atomic E-state index is -3.30. The van der Waals surface area contributed by atoms with Crippen LogP contribution in [0.3, 0.4) is 0 Å². The highest BCUT2D eigenvalue weighted by atomic mass is 32.2. The zero-order valence-corrected chi connectivity index (χ0v) is 13.6. The van der Waals surface area contributed by atoms with Gasteiger partial charge < -0.3 is 10.6 Å². The first-order valence-corrected chi connectivity index (χ1v) is 9.66. The predicted octanol–water partition coefficient (Wildman–Crippen LogP) is 0.449. The molecule has 0 aromatic carbocycles. The molecule has 2 N–H and O–H groups in total. The van der Waals surface area contributed by atoms with Crippen molar-refractivity contribution >= 4 is 15.9 Å². The normalized spacial score (nSPS) is 25.1. The van der Waals surface area contributed by atoms with Gasteiger partial charge in [-0.05, 0) is 45.2 Å². The van der Waals surface area contributed by atoms with Crippen molar-refractivity contribution in [2.24, 2.45) is 0 Å². The summed E-state index contributed by atoms with van der Waals surface area (Å²) in [5.74, 6) is 0.0418. The topological polar surface area (TPSA) is 78.5 Å². The molecule has 2 rings (SSSR count). The molecular weight excluding hydrogens is 290 g/mol. The average molecular weight is 317 g/mol. The van der Waals surface area contributed by atoms with E-state index in [2.05, 4.69) is 10.6 Å². The largest absolute Gasteiger partial charge is 0.352 e. The number of carbonyl (C=O) groups is 1. The number of unbranched alkanes of at least 4 members (excludes halogenated alkanes) is 1. The zero-order chi connectivity index (χ0) is 15.3. The molecule has 21 heavy (non-hydrogen) atoms. The molecule has 1 unspecified atom stereocenters. The van der Waals surface area contributed by atoms with E-state index >= 15 is 0 Å². The average Bonchev–Trinajstić information content (AvgIpc) is 2.97. The Morgan fingerprint density at radius 2 is 2.00 bits per heavy atom. The lowest BCUT2D eigenvalue weighted by atomic mass is 10.1. The van der Waals surface area contributed by atoms with E-state index in [1.165, 1.54) is 4.31 Å². The summed E-state index contributed by atoms with van der Waals surface area (Å²) in [6.45, 7) is 4.28. The Hall–Kier alpha value is -0.660. The monoisotopic (exact) mass is 317 g/mol. The van der Waals surface area contributed by atoms with Crippen LogP contribution in [0, 0.1) is 0 Å². The van der Waals surface area contributed by atoms with Crippen LogP contribution in [0.4, 0.5) is 0 Å². The highest BCUT2D eigenvalue weighted by molar-refractivity contribution is 7.89. The van der Waals surface area contributed by atoms with E-state index in [9.17, 15) is 13.2 Å². The second-order valence-electron chi connectivity index (χ2n) is 5.97. The number of hydrogen-bond acceptors (Lipinski definition) is 4. The molecule has 122 valence electrons. The highest BCUT2D eigenvalue weighted by Gasteiger charge is 2.38. The van der Waals surface area contributed by atoms with Crippen molar-refractivity contribution < 1.29 is 13.2 Å². The molecule has 0 bridgehead atoms. The molecule has 2 saturated heterocycles. The van der Waals surface area contributed by atoms with Crippen molar-refractivity contribution in [3.05, 3.63) is 0 Å². The number of nitrogens with one attached hydrogen (secondary N) is 2. The van der Waals surface area contributed by atoms with Crippen LogP contribution in [-0.2, 0) is 14.8 Å². The van der Waals surface area contributed by atoms with E-state index < -0.39 is 16.1 Å². The Kier molecular flexibility index (Phi) is 6.01. The molecule has 0 aromatic rings. The minimum absolute atomic E-state index is 0.112. The van der Waals surface area contributed by atoms with Gasteiger partial charge in [-0.2, -0.15) is 4.31 Å². The number of piperidine rings is 1. The zero-order valence-electron chi connectivity index (χ0n) is 12.8. The Morgan fingerprint density at radius 1 is 1.29 bits per heavy atom. The summed E-state index contributed by atoms with van der Waals surface area (Å²) in [4.78, 5) is 12.4. The van der Waals surface area contributed by atoms with E-state index in [4.69, 9.17) is 0 Å². The molecule has 2 aliphatic rings. The summed E-state index contributed by atoms with van der Waals surface area (Å²) < 4.78 is 26.1. The van der Waals surface area contributed by atoms with Crippen LogP contribution in [0.5, 0.6) is 0 Å². The predicted molar refractivity (Wildman–Crippen MR) is 82.5 cm³/mol. The van der Waals surface area contributed by atoms with E-state index in [0.717, 1.165) is 38.8 Å². The summed E-state index contributed by atoms with van der Waals surface area (Å²) in [5.41, 5.74) is 0. The van der Waals surface area contributed by atoms with Gasteiger partial charge in [0.25, 0.3) is 0 Å². The van der Waals surface area contributed by atoms with Gasteiger partial charge in [0.05, 0.1) is 5.75 Å². The quantitative estimate of drug-likeness (QED) is 0.745. The maximum absolute atomic E-state index is 12.4. The van der Waals surface area contributed by atoms with Crippen LogP contribution in [0.15, 0.2) is 0 Å². The van der Waals surface area contributed by atoms with Gasteiger partial charge in [0.15, 0.2) is 0 Å². The van der Waals surface area contributed by atoms with Crippen molar-refractivity contribution in [1.29, 1.82) is 0 Å². The molecule has 2 heterocycles. The van der Waals surface area contributed by atoms with E-state index in [-0.39, 0.29) is 17.7 Å². The fourth-order valence-electron chi connectivity index (χ4n) is 3.04. The highest BCUT2D eigenvalue weighted by Crippen LogP contribution is 2.22. The fraction of sp³-hybridized carbons (Fsp3) is 0.929. The second kappa shape index (κ2) is 7.56. The number of carbonyl (C=O) groups excluding carboxylic acids is 1. The number of nitrogens with zero attached hydrogens (tertiary/aromatic N) is 1. The summed E-state index contributed by atoms with van der Waals surface area (Å²) in [6.07, 6.45) is 4.75. The number of hydrogen-bond donors (Lipinski definition) is 2. The molecule has 0 saturated carbocycles. The van der Waals surface area contributed by atoms with Gasteiger partial charge in [0.2, 0.25) is 15.9 Å². The van der Waals surface area contributed by atoms with Crippen molar-refractivity contribution in [3.63, 3.8) is 0 Å². The molecule has 2 fully saturated rings. The second-order valence-corrected chi connectivity index (χ2v) is 8.01. The molecule has 0 aromatic heterocycles. The SMILES string of the molecule is CCCCS(=O)(=O)N1CCCC1C(=O)NC1CCNCC1. The number of amides is 1. The van der Waals surface area contributed by atoms with Crippen LogP contribution in [0.25, 0.3) is 0 Å². The molecule has 7 heteroatoms. The Morgan fingerprint density at radius 3 is 2.67 bits per heavy atom. The first-order chi connectivity index (χ1) is 10.0. The lowest BCUT2D eigenvalue weighted by molar-refractivity contribution is -0.125. The fourth-order valence-corrected chi connectivity index (χ4v) is 4.93. The lowest BCUT2D eigenvalue weighted by Gasteiger charge is -2.28. The van der Waals surface area contributed by atoms with Crippen molar-refractivity contribution in [1.82, 2.24) is 14.9 Å². The molecule has 6 nitrogen and oxygen atoms in total. The summed E-state index contributed by atoms with van der Waals surface area (Å²) >= 11 is 0. The van der Waals surface area contributed by atoms with Gasteiger partial charge in [-0.15, -0.1) is 0 Å².